The van der Waals surface area contributed by atoms with Gasteiger partial charge in [0, 0.05) is 11.9 Å². The van der Waals surface area contributed by atoms with Crippen molar-refractivity contribution in [2.45, 2.75) is 32.7 Å². The van der Waals surface area contributed by atoms with Crippen LogP contribution in [-0.4, -0.2) is 25.6 Å². The summed E-state index contributed by atoms with van der Waals surface area (Å²) in [6.45, 7) is 5.42. The Balaban J connectivity index is 2.31. The molecule has 3 heteroatoms. The Kier molecular flexibility index (Phi) is 7.14. The van der Waals surface area contributed by atoms with Gasteiger partial charge in [-0.25, -0.2) is 0 Å². The summed E-state index contributed by atoms with van der Waals surface area (Å²) in [5.41, 5.74) is 1.32. The zero-order chi connectivity index (χ0) is 13.4. The molecule has 0 bridgehead atoms. The van der Waals surface area contributed by atoms with Crippen LogP contribution in [0, 0.1) is 5.92 Å². The quantitative estimate of drug-likeness (QED) is 0.730. The molecule has 0 fully saturated rings. The predicted molar refractivity (Wildman–Crippen MR) is 78.7 cm³/mol. The maximum Gasteiger partial charge on any atom is 0.118 e. The van der Waals surface area contributed by atoms with Gasteiger partial charge in [0.15, 0.2) is 0 Å². The number of hydrogen-bond acceptors (Lipinski definition) is 2. The fraction of sp³-hybridized carbons (Fsp3) is 0.600. The fourth-order valence-corrected chi connectivity index (χ4v) is 2.22. The van der Waals surface area contributed by atoms with Crippen LogP contribution in [0.5, 0.6) is 5.75 Å². The molecule has 0 heterocycles. The van der Waals surface area contributed by atoms with Crippen molar-refractivity contribution in [3.05, 3.63) is 29.8 Å². The van der Waals surface area contributed by atoms with Crippen LogP contribution in [0.3, 0.4) is 0 Å². The minimum Gasteiger partial charge on any atom is -0.497 e. The molecule has 0 aromatic heterocycles. The molecule has 1 atom stereocenters. The van der Waals surface area contributed by atoms with Gasteiger partial charge in [-0.3, -0.25) is 0 Å². The zero-order valence-electron chi connectivity index (χ0n) is 11.6. The molecule has 0 amide bonds. The minimum absolute atomic E-state index is 0.421. The molecule has 0 spiro atoms. The number of benzene rings is 1. The lowest BCUT2D eigenvalue weighted by atomic mass is 10.0. The van der Waals surface area contributed by atoms with Crippen LogP contribution in [0.1, 0.15) is 25.8 Å². The van der Waals surface area contributed by atoms with E-state index in [9.17, 15) is 0 Å². The summed E-state index contributed by atoms with van der Waals surface area (Å²) < 4.78 is 5.14. The molecule has 102 valence electrons. The van der Waals surface area contributed by atoms with Crippen molar-refractivity contribution >= 4 is 11.6 Å². The second kappa shape index (κ2) is 8.39. The van der Waals surface area contributed by atoms with Gasteiger partial charge in [-0.05, 0) is 43.0 Å². The molecular weight excluding hydrogens is 246 g/mol. The third-order valence-corrected chi connectivity index (χ3v) is 3.32. The van der Waals surface area contributed by atoms with Crippen molar-refractivity contribution in [1.29, 1.82) is 0 Å². The van der Waals surface area contributed by atoms with Gasteiger partial charge in [0.05, 0.1) is 7.11 Å². The molecule has 0 aliphatic rings. The van der Waals surface area contributed by atoms with E-state index < -0.39 is 0 Å². The first-order valence-electron chi connectivity index (χ1n) is 6.58. The third-order valence-electron chi connectivity index (χ3n) is 2.95. The summed E-state index contributed by atoms with van der Waals surface area (Å²) in [5, 5.41) is 3.51. The van der Waals surface area contributed by atoms with E-state index in [-0.39, 0.29) is 0 Å². The minimum atomic E-state index is 0.421. The Labute approximate surface area is 116 Å². The third kappa shape index (κ3) is 5.74. The molecule has 0 aliphatic heterocycles. The molecule has 1 N–H and O–H groups in total. The van der Waals surface area contributed by atoms with E-state index in [1.165, 1.54) is 5.56 Å². The molecule has 0 aliphatic carbocycles. The van der Waals surface area contributed by atoms with Crippen molar-refractivity contribution in [2.24, 2.45) is 5.92 Å². The Morgan fingerprint density at radius 3 is 2.39 bits per heavy atom. The monoisotopic (exact) mass is 269 g/mol. The topological polar surface area (TPSA) is 21.3 Å². The molecule has 1 unspecified atom stereocenters. The molecule has 0 radical (unpaired) electrons. The van der Waals surface area contributed by atoms with Gasteiger partial charge >= 0.3 is 0 Å². The molecule has 0 saturated heterocycles. The van der Waals surface area contributed by atoms with Crippen LogP contribution >= 0.6 is 11.6 Å². The lowest BCUT2D eigenvalue weighted by molar-refractivity contribution is 0.414. The van der Waals surface area contributed by atoms with E-state index in [4.69, 9.17) is 16.3 Å². The van der Waals surface area contributed by atoms with E-state index in [1.807, 2.05) is 12.1 Å². The standard InChI is InChI=1S/C15H24ClNO/c1-12(2)10-14(11-16)17-9-8-13-4-6-15(18-3)7-5-13/h4-7,12,14,17H,8-11H2,1-3H3. The lowest BCUT2D eigenvalue weighted by Gasteiger charge is -2.18. The first-order chi connectivity index (χ1) is 8.65. The Morgan fingerprint density at radius 1 is 1.22 bits per heavy atom. The highest BCUT2D eigenvalue weighted by atomic mass is 35.5. The summed E-state index contributed by atoms with van der Waals surface area (Å²) in [6.07, 6.45) is 2.15. The largest absolute Gasteiger partial charge is 0.497 e. The maximum absolute atomic E-state index is 5.95. The summed E-state index contributed by atoms with van der Waals surface area (Å²) in [6, 6.07) is 8.65. The molecular formula is C15H24ClNO. The summed E-state index contributed by atoms with van der Waals surface area (Å²) in [5.74, 6) is 2.27. The van der Waals surface area contributed by atoms with Gasteiger partial charge in [0.1, 0.15) is 5.75 Å². The summed E-state index contributed by atoms with van der Waals surface area (Å²) in [7, 11) is 1.69. The predicted octanol–water partition coefficient (Wildman–Crippen LogP) is 3.48. The molecule has 0 saturated carbocycles. The van der Waals surface area contributed by atoms with Crippen LogP contribution in [0.15, 0.2) is 24.3 Å². The number of hydrogen-bond donors (Lipinski definition) is 1. The van der Waals surface area contributed by atoms with E-state index in [1.54, 1.807) is 7.11 Å². The van der Waals surface area contributed by atoms with E-state index in [0.717, 1.165) is 25.1 Å². The summed E-state index contributed by atoms with van der Waals surface area (Å²) in [4.78, 5) is 0. The average molecular weight is 270 g/mol. The number of alkyl halides is 1. The van der Waals surface area contributed by atoms with Gasteiger partial charge in [-0.2, -0.15) is 0 Å². The van der Waals surface area contributed by atoms with Crippen molar-refractivity contribution in [2.75, 3.05) is 19.5 Å². The average Bonchev–Trinajstić information content (AvgIpc) is 2.38. The van der Waals surface area contributed by atoms with Gasteiger partial charge in [-0.15, -0.1) is 11.6 Å². The van der Waals surface area contributed by atoms with Gasteiger partial charge in [0.25, 0.3) is 0 Å². The Hall–Kier alpha value is -0.730. The number of nitrogens with one attached hydrogen (secondary N) is 1. The number of ether oxygens (including phenoxy) is 1. The lowest BCUT2D eigenvalue weighted by Crippen LogP contribution is -2.33. The normalized spacial score (nSPS) is 12.7. The highest BCUT2D eigenvalue weighted by Gasteiger charge is 2.08. The van der Waals surface area contributed by atoms with Crippen LogP contribution in [0.4, 0.5) is 0 Å². The fourth-order valence-electron chi connectivity index (χ4n) is 1.98. The van der Waals surface area contributed by atoms with Crippen LogP contribution in [0.25, 0.3) is 0 Å². The van der Waals surface area contributed by atoms with Crippen LogP contribution < -0.4 is 10.1 Å². The smallest absolute Gasteiger partial charge is 0.118 e. The number of halogens is 1. The second-order valence-electron chi connectivity index (χ2n) is 5.03. The van der Waals surface area contributed by atoms with E-state index in [2.05, 4.69) is 31.3 Å². The zero-order valence-corrected chi connectivity index (χ0v) is 12.3. The highest BCUT2D eigenvalue weighted by Crippen LogP contribution is 2.11. The molecule has 2 nitrogen and oxygen atoms in total. The summed E-state index contributed by atoms with van der Waals surface area (Å²) >= 11 is 5.95. The first kappa shape index (κ1) is 15.3. The number of methoxy groups -OCH3 is 1. The Morgan fingerprint density at radius 2 is 1.89 bits per heavy atom. The van der Waals surface area contributed by atoms with Crippen molar-refractivity contribution in [1.82, 2.24) is 5.32 Å². The second-order valence-corrected chi connectivity index (χ2v) is 5.34. The first-order valence-corrected chi connectivity index (χ1v) is 7.11. The van der Waals surface area contributed by atoms with Gasteiger partial charge in [-0.1, -0.05) is 26.0 Å². The van der Waals surface area contributed by atoms with Crippen LogP contribution in [-0.2, 0) is 6.42 Å². The Bertz CT molecular complexity index is 324. The number of rotatable bonds is 8. The van der Waals surface area contributed by atoms with Gasteiger partial charge < -0.3 is 10.1 Å². The molecule has 18 heavy (non-hydrogen) atoms. The van der Waals surface area contributed by atoms with Crippen LogP contribution in [0.2, 0.25) is 0 Å². The van der Waals surface area contributed by atoms with Crippen molar-refractivity contribution in [3.8, 4) is 5.75 Å². The molecule has 1 aromatic rings. The van der Waals surface area contributed by atoms with Crippen molar-refractivity contribution in [3.63, 3.8) is 0 Å². The van der Waals surface area contributed by atoms with E-state index in [0.29, 0.717) is 17.8 Å². The highest BCUT2D eigenvalue weighted by molar-refractivity contribution is 6.18. The van der Waals surface area contributed by atoms with E-state index >= 15 is 0 Å². The SMILES string of the molecule is COc1ccc(CCNC(CCl)CC(C)C)cc1. The van der Waals surface area contributed by atoms with Crippen molar-refractivity contribution < 1.29 is 4.74 Å². The maximum atomic E-state index is 5.95. The molecule has 1 rings (SSSR count). The molecule has 1 aromatic carbocycles. The van der Waals surface area contributed by atoms with Gasteiger partial charge in [0.2, 0.25) is 0 Å².